The molecule has 10 heavy (non-hydrogen) atoms. The number of methoxy groups -OCH3 is 1. The summed E-state index contributed by atoms with van der Waals surface area (Å²) in [5.74, 6) is 0. The number of hydrogen-bond acceptors (Lipinski definition) is 2. The van der Waals surface area contributed by atoms with E-state index >= 15 is 0 Å². The fraction of sp³-hybridized carbons (Fsp3) is 0.375. The second-order valence-corrected chi connectivity index (χ2v) is 1.82. The molecule has 0 aromatic heterocycles. The number of nitrogens with zero attached hydrogens (tertiary/aromatic N) is 1. The Bertz CT molecular complexity index is 157. The third-order valence-electron chi connectivity index (χ3n) is 0.894. The molecule has 0 atom stereocenters. The largest absolute Gasteiger partial charge is 0.504 e. The van der Waals surface area contributed by atoms with E-state index in [0.717, 1.165) is 5.57 Å². The molecule has 0 aliphatic carbocycles. The minimum absolute atomic E-state index is 1.07. The molecule has 0 aliphatic rings. The minimum atomic E-state index is 1.07. The Labute approximate surface area is 61.9 Å². The summed E-state index contributed by atoms with van der Waals surface area (Å²) in [5.41, 5.74) is 1.07. The predicted octanol–water partition coefficient (Wildman–Crippen LogP) is 2.14. The Balaban J connectivity index is 3.81. The first kappa shape index (κ1) is 8.95. The maximum absolute atomic E-state index is 4.72. The van der Waals surface area contributed by atoms with Crippen LogP contribution in [0.3, 0.4) is 0 Å². The van der Waals surface area contributed by atoms with Crippen molar-refractivity contribution in [3.05, 3.63) is 24.1 Å². The van der Waals surface area contributed by atoms with Crippen LogP contribution < -0.4 is 0 Å². The molecule has 2 heteroatoms. The predicted molar refractivity (Wildman–Crippen MR) is 44.1 cm³/mol. The van der Waals surface area contributed by atoms with Crippen LogP contribution in [0.25, 0.3) is 0 Å². The Hall–Kier alpha value is -1.05. The Morgan fingerprint density at radius 1 is 1.50 bits per heavy atom. The summed E-state index contributed by atoms with van der Waals surface area (Å²) in [6, 6.07) is 0. The van der Waals surface area contributed by atoms with Crippen molar-refractivity contribution in [2.75, 3.05) is 7.11 Å². The lowest BCUT2D eigenvalue weighted by Crippen LogP contribution is -1.69. The highest BCUT2D eigenvalue weighted by Gasteiger charge is 1.76. The summed E-state index contributed by atoms with van der Waals surface area (Å²) in [6.45, 7) is 3.84. The average molecular weight is 139 g/mol. The van der Waals surface area contributed by atoms with Gasteiger partial charge in [0.25, 0.3) is 0 Å². The summed E-state index contributed by atoms with van der Waals surface area (Å²) >= 11 is 0. The van der Waals surface area contributed by atoms with Crippen LogP contribution >= 0.6 is 0 Å². The molecule has 0 unspecified atom stereocenters. The third kappa shape index (κ3) is 5.09. The van der Waals surface area contributed by atoms with Crippen molar-refractivity contribution in [3.8, 4) is 0 Å². The van der Waals surface area contributed by atoms with Gasteiger partial charge in [-0.25, -0.2) is 0 Å². The molecule has 0 aromatic rings. The van der Waals surface area contributed by atoms with Gasteiger partial charge in [-0.15, -0.1) is 0 Å². The van der Waals surface area contributed by atoms with Crippen molar-refractivity contribution in [2.24, 2.45) is 4.99 Å². The number of ether oxygens (including phenoxy) is 1. The molecule has 0 N–H and O–H groups in total. The van der Waals surface area contributed by atoms with Gasteiger partial charge < -0.3 is 4.74 Å². The van der Waals surface area contributed by atoms with E-state index in [4.69, 9.17) is 4.74 Å². The molecule has 0 saturated carbocycles. The highest BCUT2D eigenvalue weighted by Crippen LogP contribution is 1.93. The van der Waals surface area contributed by atoms with Crippen molar-refractivity contribution in [3.63, 3.8) is 0 Å². The van der Waals surface area contributed by atoms with Gasteiger partial charge in [0.1, 0.15) is 0 Å². The second kappa shape index (κ2) is 6.08. The molecule has 0 aliphatic heterocycles. The lowest BCUT2D eigenvalue weighted by atomic mass is 10.3. The highest BCUT2D eigenvalue weighted by atomic mass is 16.5. The number of rotatable bonds is 3. The SMILES string of the molecule is CC=N/C=C(C)\C=C\OC. The summed E-state index contributed by atoms with van der Waals surface area (Å²) < 4.78 is 4.72. The van der Waals surface area contributed by atoms with Crippen LogP contribution in [0.1, 0.15) is 13.8 Å². The van der Waals surface area contributed by atoms with Crippen molar-refractivity contribution in [2.45, 2.75) is 13.8 Å². The minimum Gasteiger partial charge on any atom is -0.504 e. The van der Waals surface area contributed by atoms with Gasteiger partial charge in [-0.3, -0.25) is 4.99 Å². The van der Waals surface area contributed by atoms with Crippen LogP contribution in [0, 0.1) is 0 Å². The molecule has 0 fully saturated rings. The summed E-state index contributed by atoms with van der Waals surface area (Å²) in [6.07, 6.45) is 6.99. The van der Waals surface area contributed by atoms with Crippen LogP contribution in [-0.2, 0) is 4.74 Å². The first-order chi connectivity index (χ1) is 4.81. The number of hydrogen-bond donors (Lipinski definition) is 0. The fourth-order valence-electron chi connectivity index (χ4n) is 0.411. The normalized spacial score (nSPS) is 13.3. The van der Waals surface area contributed by atoms with Crippen molar-refractivity contribution >= 4 is 6.21 Å². The van der Waals surface area contributed by atoms with Gasteiger partial charge in [0.05, 0.1) is 13.4 Å². The van der Waals surface area contributed by atoms with Crippen LogP contribution in [0.2, 0.25) is 0 Å². The van der Waals surface area contributed by atoms with Crippen LogP contribution in [-0.4, -0.2) is 13.3 Å². The first-order valence-corrected chi connectivity index (χ1v) is 3.15. The summed E-state index contributed by atoms with van der Waals surface area (Å²) in [5, 5.41) is 0. The first-order valence-electron chi connectivity index (χ1n) is 3.15. The van der Waals surface area contributed by atoms with Gasteiger partial charge in [-0.2, -0.15) is 0 Å². The number of allylic oxidation sites excluding steroid dienone is 2. The van der Waals surface area contributed by atoms with Gasteiger partial charge in [0.15, 0.2) is 0 Å². The maximum Gasteiger partial charge on any atom is 0.0827 e. The molecule has 0 amide bonds. The van der Waals surface area contributed by atoms with E-state index in [9.17, 15) is 0 Å². The lowest BCUT2D eigenvalue weighted by molar-refractivity contribution is 0.338. The Kier molecular flexibility index (Phi) is 5.44. The number of aliphatic imine (C=N–C) groups is 1. The second-order valence-electron chi connectivity index (χ2n) is 1.82. The van der Waals surface area contributed by atoms with Gasteiger partial charge in [0.2, 0.25) is 0 Å². The molecule has 0 bridgehead atoms. The smallest absolute Gasteiger partial charge is 0.0827 e. The van der Waals surface area contributed by atoms with Gasteiger partial charge in [0, 0.05) is 12.4 Å². The molecular weight excluding hydrogens is 126 g/mol. The molecule has 0 rings (SSSR count). The molecule has 2 nitrogen and oxygen atoms in total. The zero-order valence-electron chi connectivity index (χ0n) is 6.66. The van der Waals surface area contributed by atoms with E-state index in [-0.39, 0.29) is 0 Å². The van der Waals surface area contributed by atoms with Crippen LogP contribution in [0.5, 0.6) is 0 Å². The highest BCUT2D eigenvalue weighted by molar-refractivity contribution is 5.54. The maximum atomic E-state index is 4.72. The van der Waals surface area contributed by atoms with Crippen LogP contribution in [0.4, 0.5) is 0 Å². The van der Waals surface area contributed by atoms with E-state index in [2.05, 4.69) is 4.99 Å². The quantitative estimate of drug-likeness (QED) is 0.333. The molecular formula is C8H13NO. The summed E-state index contributed by atoms with van der Waals surface area (Å²) in [7, 11) is 1.62. The average Bonchev–Trinajstić information content (AvgIpc) is 1.97. The molecule has 56 valence electrons. The van der Waals surface area contributed by atoms with Crippen molar-refractivity contribution in [1.82, 2.24) is 0 Å². The Morgan fingerprint density at radius 3 is 2.70 bits per heavy atom. The van der Waals surface area contributed by atoms with Gasteiger partial charge in [-0.05, 0) is 25.5 Å². The third-order valence-corrected chi connectivity index (χ3v) is 0.894. The van der Waals surface area contributed by atoms with Crippen molar-refractivity contribution in [1.29, 1.82) is 0 Å². The zero-order valence-corrected chi connectivity index (χ0v) is 6.66. The van der Waals surface area contributed by atoms with E-state index < -0.39 is 0 Å². The summed E-state index contributed by atoms with van der Waals surface area (Å²) in [4.78, 5) is 3.93. The molecule has 0 saturated heterocycles. The monoisotopic (exact) mass is 139 g/mol. The molecule has 0 aromatic carbocycles. The van der Waals surface area contributed by atoms with Crippen LogP contribution in [0.15, 0.2) is 29.1 Å². The van der Waals surface area contributed by atoms with Gasteiger partial charge in [-0.1, -0.05) is 0 Å². The lowest BCUT2D eigenvalue weighted by Gasteiger charge is -1.87. The van der Waals surface area contributed by atoms with Crippen molar-refractivity contribution < 1.29 is 4.74 Å². The van der Waals surface area contributed by atoms with E-state index in [1.165, 1.54) is 0 Å². The van der Waals surface area contributed by atoms with Gasteiger partial charge >= 0.3 is 0 Å². The zero-order chi connectivity index (χ0) is 7.82. The molecule has 0 spiro atoms. The van der Waals surface area contributed by atoms with E-state index in [1.807, 2.05) is 19.9 Å². The van der Waals surface area contributed by atoms with E-state index in [0.29, 0.717) is 0 Å². The standard InChI is InChI=1S/C8H13NO/c1-4-9-7-8(2)5-6-10-3/h4-7H,1-3H3/b6-5+,8-7-,9-4?. The van der Waals surface area contributed by atoms with E-state index in [1.54, 1.807) is 25.8 Å². The fourth-order valence-corrected chi connectivity index (χ4v) is 0.411. The Morgan fingerprint density at radius 2 is 2.20 bits per heavy atom. The molecule has 0 heterocycles. The molecule has 0 radical (unpaired) electrons. The topological polar surface area (TPSA) is 21.6 Å².